The fourth-order valence-corrected chi connectivity index (χ4v) is 3.89. The van der Waals surface area contributed by atoms with Gasteiger partial charge in [-0.1, -0.05) is 35.9 Å². The van der Waals surface area contributed by atoms with Crippen LogP contribution in [0.15, 0.2) is 48.5 Å². The van der Waals surface area contributed by atoms with Gasteiger partial charge in [0, 0.05) is 30.6 Å². The highest BCUT2D eigenvalue weighted by Gasteiger charge is 2.39. The molecule has 2 unspecified atom stereocenters. The fraction of sp³-hybridized carbons (Fsp3) is 0.429. The highest BCUT2D eigenvalue weighted by atomic mass is 35.5. The molecule has 3 nitrogen and oxygen atoms in total. The number of halogens is 2. The Labute approximate surface area is 159 Å². The van der Waals surface area contributed by atoms with Crippen molar-refractivity contribution < 1.29 is 14.6 Å². The number of likely N-dealkylation sites (tertiary alicyclic amines) is 1. The van der Waals surface area contributed by atoms with Crippen molar-refractivity contribution in [1.29, 1.82) is 0 Å². The van der Waals surface area contributed by atoms with E-state index in [2.05, 4.69) is 4.90 Å². The Morgan fingerprint density at radius 1 is 1.08 bits per heavy atom. The summed E-state index contributed by atoms with van der Waals surface area (Å²) < 4.78 is 13.4. The van der Waals surface area contributed by atoms with Gasteiger partial charge in [-0.15, -0.1) is 0 Å². The number of aliphatic hydroxyl groups excluding tert-OH is 1. The molecule has 5 heteroatoms. The molecule has 1 saturated heterocycles. The lowest BCUT2D eigenvalue weighted by Gasteiger charge is -2.44. The van der Waals surface area contributed by atoms with E-state index in [0.29, 0.717) is 17.9 Å². The van der Waals surface area contributed by atoms with Gasteiger partial charge in [-0.05, 0) is 61.2 Å². The minimum atomic E-state index is -0.933. The molecule has 3 rings (SSSR count). The highest BCUT2D eigenvalue weighted by Crippen LogP contribution is 2.42. The molecule has 0 aliphatic carbocycles. The highest BCUT2D eigenvalue weighted by molar-refractivity contribution is 6.30. The minimum Gasteiger partial charge on any atom is -0.396 e. The molecule has 140 valence electrons. The molecule has 2 aromatic carbocycles. The van der Waals surface area contributed by atoms with Gasteiger partial charge in [-0.3, -0.25) is 4.90 Å². The van der Waals surface area contributed by atoms with E-state index in [1.54, 1.807) is 24.3 Å². The first-order valence-electron chi connectivity index (χ1n) is 9.11. The van der Waals surface area contributed by atoms with Gasteiger partial charge in [0.2, 0.25) is 0 Å². The van der Waals surface area contributed by atoms with Crippen molar-refractivity contribution in [1.82, 2.24) is 4.90 Å². The van der Waals surface area contributed by atoms with E-state index in [0.717, 1.165) is 37.1 Å². The van der Waals surface area contributed by atoms with Gasteiger partial charge in [0.05, 0.1) is 5.60 Å². The van der Waals surface area contributed by atoms with Crippen LogP contribution in [0.3, 0.4) is 0 Å². The van der Waals surface area contributed by atoms with Crippen LogP contribution in [0.4, 0.5) is 4.39 Å². The number of rotatable bonds is 6. The Morgan fingerprint density at radius 2 is 1.77 bits per heavy atom. The van der Waals surface area contributed by atoms with Gasteiger partial charge < -0.3 is 10.2 Å². The summed E-state index contributed by atoms with van der Waals surface area (Å²) in [4.78, 5) is 2.33. The van der Waals surface area contributed by atoms with Crippen LogP contribution in [-0.2, 0) is 5.60 Å². The Kier molecular flexibility index (Phi) is 6.30. The summed E-state index contributed by atoms with van der Waals surface area (Å²) in [5.41, 5.74) is 0.934. The van der Waals surface area contributed by atoms with Crippen LogP contribution in [0.1, 0.15) is 42.9 Å². The standard InChI is InChI=1S/C21H25ClFNO2/c22-18-7-5-17(6-8-18)21(26)11-13-24(12-1-2-14-25)20(15-21)16-3-9-19(23)10-4-16/h3-10,20,25-26H,1-2,11-15H2. The summed E-state index contributed by atoms with van der Waals surface area (Å²) in [6.07, 6.45) is 2.83. The molecular formula is C21H25ClFNO2. The van der Waals surface area contributed by atoms with Crippen molar-refractivity contribution in [2.24, 2.45) is 0 Å². The van der Waals surface area contributed by atoms with Crippen LogP contribution >= 0.6 is 11.6 Å². The first kappa shape index (κ1) is 19.3. The molecule has 2 N–H and O–H groups in total. The number of unbranched alkanes of at least 4 members (excludes halogenated alkanes) is 1. The molecule has 0 spiro atoms. The maximum Gasteiger partial charge on any atom is 0.123 e. The molecule has 0 bridgehead atoms. The van der Waals surface area contributed by atoms with Crippen LogP contribution in [-0.4, -0.2) is 34.8 Å². The second-order valence-corrected chi connectivity index (χ2v) is 7.46. The van der Waals surface area contributed by atoms with Gasteiger partial charge in [-0.25, -0.2) is 4.39 Å². The van der Waals surface area contributed by atoms with Crippen molar-refractivity contribution in [3.05, 3.63) is 70.5 Å². The van der Waals surface area contributed by atoms with E-state index in [4.69, 9.17) is 16.7 Å². The third-order valence-corrected chi connectivity index (χ3v) is 5.53. The third kappa shape index (κ3) is 4.44. The third-order valence-electron chi connectivity index (χ3n) is 5.27. The molecular weight excluding hydrogens is 353 g/mol. The molecule has 1 aliphatic heterocycles. The second kappa shape index (κ2) is 8.49. The van der Waals surface area contributed by atoms with Gasteiger partial charge in [0.1, 0.15) is 5.82 Å². The van der Waals surface area contributed by atoms with Crippen LogP contribution in [0.5, 0.6) is 0 Å². The van der Waals surface area contributed by atoms with Crippen molar-refractivity contribution >= 4 is 11.6 Å². The number of benzene rings is 2. The van der Waals surface area contributed by atoms with Gasteiger partial charge in [-0.2, -0.15) is 0 Å². The molecule has 26 heavy (non-hydrogen) atoms. The van der Waals surface area contributed by atoms with Gasteiger partial charge in [0.15, 0.2) is 0 Å². The van der Waals surface area contributed by atoms with Crippen LogP contribution in [0.2, 0.25) is 5.02 Å². The molecule has 1 aliphatic rings. The van der Waals surface area contributed by atoms with E-state index in [1.807, 2.05) is 12.1 Å². The van der Waals surface area contributed by atoms with Crippen molar-refractivity contribution in [3.63, 3.8) is 0 Å². The Morgan fingerprint density at radius 3 is 2.42 bits per heavy atom. The molecule has 2 atom stereocenters. The summed E-state index contributed by atoms with van der Waals surface area (Å²) in [5.74, 6) is -0.260. The summed E-state index contributed by atoms with van der Waals surface area (Å²) in [6, 6.07) is 13.9. The smallest absolute Gasteiger partial charge is 0.123 e. The van der Waals surface area contributed by atoms with Gasteiger partial charge in [0.25, 0.3) is 0 Å². The monoisotopic (exact) mass is 377 g/mol. The summed E-state index contributed by atoms with van der Waals surface area (Å²) >= 11 is 5.98. The summed E-state index contributed by atoms with van der Waals surface area (Å²) in [7, 11) is 0. The fourth-order valence-electron chi connectivity index (χ4n) is 3.77. The van der Waals surface area contributed by atoms with Crippen molar-refractivity contribution in [2.75, 3.05) is 19.7 Å². The SMILES string of the molecule is OCCCCN1CCC(O)(c2ccc(Cl)cc2)CC1c1ccc(F)cc1. The first-order valence-corrected chi connectivity index (χ1v) is 9.48. The molecule has 0 saturated carbocycles. The Balaban J connectivity index is 1.85. The molecule has 0 aromatic heterocycles. The first-order chi connectivity index (χ1) is 12.5. The molecule has 1 fully saturated rings. The average molecular weight is 378 g/mol. The lowest BCUT2D eigenvalue weighted by molar-refractivity contribution is -0.0536. The molecule has 2 aromatic rings. The van der Waals surface area contributed by atoms with Crippen molar-refractivity contribution in [2.45, 2.75) is 37.3 Å². The predicted molar refractivity (Wildman–Crippen MR) is 102 cm³/mol. The minimum absolute atomic E-state index is 0.00345. The topological polar surface area (TPSA) is 43.7 Å². The number of piperidine rings is 1. The number of hydrogen-bond donors (Lipinski definition) is 2. The molecule has 0 amide bonds. The zero-order valence-corrected chi connectivity index (χ0v) is 15.5. The zero-order chi connectivity index (χ0) is 18.6. The van der Waals surface area contributed by atoms with E-state index < -0.39 is 5.60 Å². The summed E-state index contributed by atoms with van der Waals surface area (Å²) in [5, 5.41) is 21.0. The Bertz CT molecular complexity index is 707. The van der Waals surface area contributed by atoms with Crippen molar-refractivity contribution in [3.8, 4) is 0 Å². The largest absolute Gasteiger partial charge is 0.396 e. The summed E-state index contributed by atoms with van der Waals surface area (Å²) in [6.45, 7) is 1.77. The maximum absolute atomic E-state index is 13.4. The van der Waals surface area contributed by atoms with E-state index in [-0.39, 0.29) is 18.5 Å². The number of aliphatic hydroxyl groups is 2. The predicted octanol–water partition coefficient (Wildman–Crippen LogP) is 4.28. The second-order valence-electron chi connectivity index (χ2n) is 7.03. The average Bonchev–Trinajstić information content (AvgIpc) is 2.64. The van der Waals surface area contributed by atoms with Crippen LogP contribution in [0.25, 0.3) is 0 Å². The quantitative estimate of drug-likeness (QED) is 0.738. The maximum atomic E-state index is 13.4. The molecule has 0 radical (unpaired) electrons. The zero-order valence-electron chi connectivity index (χ0n) is 14.7. The van der Waals surface area contributed by atoms with E-state index >= 15 is 0 Å². The Hall–Kier alpha value is -1.46. The van der Waals surface area contributed by atoms with E-state index in [1.165, 1.54) is 12.1 Å². The normalized spacial score (nSPS) is 23.9. The lowest BCUT2D eigenvalue weighted by atomic mass is 9.79. The number of nitrogens with zero attached hydrogens (tertiary/aromatic N) is 1. The lowest BCUT2D eigenvalue weighted by Crippen LogP contribution is -2.45. The number of hydrogen-bond acceptors (Lipinski definition) is 3. The molecule has 1 heterocycles. The van der Waals surface area contributed by atoms with Crippen LogP contribution < -0.4 is 0 Å². The van der Waals surface area contributed by atoms with Gasteiger partial charge >= 0.3 is 0 Å². The van der Waals surface area contributed by atoms with E-state index in [9.17, 15) is 9.50 Å². The van der Waals surface area contributed by atoms with Crippen LogP contribution in [0, 0.1) is 5.82 Å².